The van der Waals surface area contributed by atoms with Crippen LogP contribution in [0.2, 0.25) is 0 Å². The zero-order valence-corrected chi connectivity index (χ0v) is 12.5. The predicted molar refractivity (Wildman–Crippen MR) is 76.6 cm³/mol. The number of likely N-dealkylation sites (N-methyl/N-ethyl adjacent to an activating group) is 1. The van der Waals surface area contributed by atoms with Gasteiger partial charge in [-0.2, -0.15) is 0 Å². The van der Waals surface area contributed by atoms with Crippen molar-refractivity contribution in [3.05, 3.63) is 35.6 Å². The molecule has 3 nitrogen and oxygen atoms in total. The fraction of sp³-hybridized carbons (Fsp3) is 0.571. The second-order valence-electron chi connectivity index (χ2n) is 5.01. The Balaban J connectivity index is 2.76. The molecule has 108 valence electrons. The molecule has 0 fully saturated rings. The van der Waals surface area contributed by atoms with Crippen LogP contribution < -0.4 is 5.32 Å². The highest BCUT2D eigenvalue weighted by Gasteiger charge is 2.19. The van der Waals surface area contributed by atoms with Crippen LogP contribution in [0.4, 0.5) is 4.39 Å². The summed E-state index contributed by atoms with van der Waals surface area (Å²) >= 11 is 0. The Morgan fingerprint density at radius 2 is 1.79 bits per heavy atom. The third-order valence-corrected chi connectivity index (χ3v) is 5.50. The Bertz CT molecular complexity index is 483. The number of hydrogen-bond acceptors (Lipinski definition) is 3. The Hall–Kier alpha value is -0.940. The molecule has 0 bridgehead atoms. The van der Waals surface area contributed by atoms with Gasteiger partial charge in [0.05, 0.1) is 11.0 Å². The highest BCUT2D eigenvalue weighted by atomic mass is 32.2. The van der Waals surface area contributed by atoms with Crippen LogP contribution in [0.15, 0.2) is 24.3 Å². The molecule has 1 atom stereocenters. The highest BCUT2D eigenvalue weighted by molar-refractivity contribution is 7.91. The molecule has 5 heteroatoms. The first-order valence-electron chi connectivity index (χ1n) is 6.48. The average Bonchev–Trinajstić information content (AvgIpc) is 2.35. The third-order valence-electron chi connectivity index (χ3n) is 3.26. The summed E-state index contributed by atoms with van der Waals surface area (Å²) in [6.07, 6.45) is 0.549. The summed E-state index contributed by atoms with van der Waals surface area (Å²) in [4.78, 5) is 0. The maximum atomic E-state index is 12.9. The molecule has 0 saturated heterocycles. The minimum atomic E-state index is -3.03. The van der Waals surface area contributed by atoms with Gasteiger partial charge in [0.15, 0.2) is 9.84 Å². The highest BCUT2D eigenvalue weighted by Crippen LogP contribution is 2.21. The van der Waals surface area contributed by atoms with Crippen LogP contribution in [-0.4, -0.2) is 33.0 Å². The number of sulfone groups is 1. The maximum absolute atomic E-state index is 12.9. The van der Waals surface area contributed by atoms with E-state index < -0.39 is 9.84 Å². The molecule has 1 rings (SSSR count). The van der Waals surface area contributed by atoms with Gasteiger partial charge in [-0.3, -0.25) is 0 Å². The summed E-state index contributed by atoms with van der Waals surface area (Å²) < 4.78 is 36.6. The van der Waals surface area contributed by atoms with Crippen LogP contribution in [0.1, 0.15) is 31.7 Å². The normalized spacial score (nSPS) is 13.7. The number of benzene rings is 1. The zero-order chi connectivity index (χ0) is 14.5. The standard InChI is InChI=1S/C14H22FNO2S/c1-11(2)19(17,18)9-8-13(10-16-3)12-4-6-14(15)7-5-12/h4-7,11,13,16H,8-10H2,1-3H3. The van der Waals surface area contributed by atoms with Crippen LogP contribution in [0.3, 0.4) is 0 Å². The molecule has 0 heterocycles. The van der Waals surface area contributed by atoms with E-state index in [4.69, 9.17) is 0 Å². The fourth-order valence-electron chi connectivity index (χ4n) is 1.91. The van der Waals surface area contributed by atoms with Crippen molar-refractivity contribution >= 4 is 9.84 Å². The molecule has 1 unspecified atom stereocenters. The first kappa shape index (κ1) is 16.1. The lowest BCUT2D eigenvalue weighted by Crippen LogP contribution is -2.23. The van der Waals surface area contributed by atoms with Crippen LogP contribution >= 0.6 is 0 Å². The number of hydrogen-bond donors (Lipinski definition) is 1. The summed E-state index contributed by atoms with van der Waals surface area (Å²) in [5.41, 5.74) is 0.967. The van der Waals surface area contributed by atoms with Gasteiger partial charge in [0, 0.05) is 6.54 Å². The summed E-state index contributed by atoms with van der Waals surface area (Å²) in [5, 5.41) is 2.71. The Kier molecular flexibility index (Phi) is 5.94. The number of nitrogens with one attached hydrogen (secondary N) is 1. The van der Waals surface area contributed by atoms with Crippen molar-refractivity contribution in [2.24, 2.45) is 0 Å². The van der Waals surface area contributed by atoms with Gasteiger partial charge < -0.3 is 5.32 Å². The quantitative estimate of drug-likeness (QED) is 0.837. The summed E-state index contributed by atoms with van der Waals surface area (Å²) in [7, 11) is -1.20. The maximum Gasteiger partial charge on any atom is 0.152 e. The minimum Gasteiger partial charge on any atom is -0.319 e. The first-order chi connectivity index (χ1) is 8.86. The van der Waals surface area contributed by atoms with Gasteiger partial charge in [0.1, 0.15) is 5.82 Å². The van der Waals surface area contributed by atoms with E-state index in [-0.39, 0.29) is 22.7 Å². The van der Waals surface area contributed by atoms with E-state index in [1.165, 1.54) is 12.1 Å². The Labute approximate surface area is 115 Å². The molecule has 0 saturated carbocycles. The van der Waals surface area contributed by atoms with Crippen LogP contribution in [-0.2, 0) is 9.84 Å². The van der Waals surface area contributed by atoms with Gasteiger partial charge in [0.25, 0.3) is 0 Å². The van der Waals surface area contributed by atoms with Gasteiger partial charge in [-0.15, -0.1) is 0 Å². The Morgan fingerprint density at radius 3 is 2.26 bits per heavy atom. The number of halogens is 1. The van der Waals surface area contributed by atoms with Crippen molar-refractivity contribution in [1.82, 2.24) is 5.32 Å². The molecule has 0 aliphatic rings. The van der Waals surface area contributed by atoms with E-state index in [0.29, 0.717) is 13.0 Å². The van der Waals surface area contributed by atoms with Crippen molar-refractivity contribution in [1.29, 1.82) is 0 Å². The minimum absolute atomic E-state index is 0.0825. The smallest absolute Gasteiger partial charge is 0.152 e. The molecule has 0 radical (unpaired) electrons. The van der Waals surface area contributed by atoms with Crippen LogP contribution in [0.5, 0.6) is 0 Å². The molecule has 0 aliphatic carbocycles. The van der Waals surface area contributed by atoms with Crippen molar-refractivity contribution in [3.8, 4) is 0 Å². The Morgan fingerprint density at radius 1 is 1.21 bits per heavy atom. The topological polar surface area (TPSA) is 46.2 Å². The molecule has 1 N–H and O–H groups in total. The van der Waals surface area contributed by atoms with Gasteiger partial charge in [-0.25, -0.2) is 12.8 Å². The summed E-state index contributed by atoms with van der Waals surface area (Å²) in [6, 6.07) is 6.27. The first-order valence-corrected chi connectivity index (χ1v) is 8.20. The van der Waals surface area contributed by atoms with E-state index in [1.807, 2.05) is 7.05 Å². The van der Waals surface area contributed by atoms with Crippen LogP contribution in [0.25, 0.3) is 0 Å². The second kappa shape index (κ2) is 7.01. The largest absolute Gasteiger partial charge is 0.319 e. The molecule has 1 aromatic rings. The predicted octanol–water partition coefficient (Wildman–Crippen LogP) is 2.34. The monoisotopic (exact) mass is 287 g/mol. The molecule has 0 spiro atoms. The lowest BCUT2D eigenvalue weighted by atomic mass is 9.96. The molecule has 0 aromatic heterocycles. The van der Waals surface area contributed by atoms with E-state index in [0.717, 1.165) is 5.56 Å². The SMILES string of the molecule is CNCC(CCS(=O)(=O)C(C)C)c1ccc(F)cc1. The summed E-state index contributed by atoms with van der Waals surface area (Å²) in [6.45, 7) is 4.07. The van der Waals surface area contributed by atoms with Crippen LogP contribution in [0, 0.1) is 5.82 Å². The van der Waals surface area contributed by atoms with Crippen molar-refractivity contribution in [2.75, 3.05) is 19.3 Å². The molecule has 19 heavy (non-hydrogen) atoms. The molecule has 1 aromatic carbocycles. The zero-order valence-electron chi connectivity index (χ0n) is 11.7. The molecular formula is C14H22FNO2S. The van der Waals surface area contributed by atoms with Gasteiger partial charge in [0.2, 0.25) is 0 Å². The van der Waals surface area contributed by atoms with Gasteiger partial charge >= 0.3 is 0 Å². The van der Waals surface area contributed by atoms with E-state index in [9.17, 15) is 12.8 Å². The van der Waals surface area contributed by atoms with Gasteiger partial charge in [-0.1, -0.05) is 12.1 Å². The van der Waals surface area contributed by atoms with Crippen molar-refractivity contribution in [3.63, 3.8) is 0 Å². The molecular weight excluding hydrogens is 265 g/mol. The third kappa shape index (κ3) is 4.91. The van der Waals surface area contributed by atoms with E-state index in [1.54, 1.807) is 26.0 Å². The second-order valence-corrected chi connectivity index (χ2v) is 7.69. The van der Waals surface area contributed by atoms with Crippen molar-refractivity contribution in [2.45, 2.75) is 31.4 Å². The van der Waals surface area contributed by atoms with E-state index >= 15 is 0 Å². The lowest BCUT2D eigenvalue weighted by Gasteiger charge is -2.18. The fourth-order valence-corrected chi connectivity index (χ4v) is 2.99. The van der Waals surface area contributed by atoms with Crippen molar-refractivity contribution < 1.29 is 12.8 Å². The number of rotatable bonds is 7. The van der Waals surface area contributed by atoms with E-state index in [2.05, 4.69) is 5.32 Å². The van der Waals surface area contributed by atoms with Gasteiger partial charge in [-0.05, 0) is 50.9 Å². The summed E-state index contributed by atoms with van der Waals surface area (Å²) in [5.74, 6) is -0.0325. The molecule has 0 amide bonds. The lowest BCUT2D eigenvalue weighted by molar-refractivity contribution is 0.566. The molecule has 0 aliphatic heterocycles. The average molecular weight is 287 g/mol.